The molecule has 0 spiro atoms. The predicted molar refractivity (Wildman–Crippen MR) is 69.0 cm³/mol. The standard InChI is InChI=1S/C13H26O6/c1-5-6-7-18-13-10(14)12(17-4)11(19-13)9(16-3)8-15-2/h9-14H,5-8H2,1-4H3/t9?,10-,11-,12-,13+/m1/s1. The molecule has 0 amide bonds. The summed E-state index contributed by atoms with van der Waals surface area (Å²) in [6.45, 7) is 3.01. The van der Waals surface area contributed by atoms with Gasteiger partial charge in [0, 0.05) is 27.9 Å². The SMILES string of the molecule is CCCCO[C@H]1O[C@H](C(COC)OC)[C@H](OC)[C@H]1O. The van der Waals surface area contributed by atoms with Crippen molar-refractivity contribution in [3.8, 4) is 0 Å². The molecule has 1 heterocycles. The van der Waals surface area contributed by atoms with Gasteiger partial charge in [-0.25, -0.2) is 0 Å². The van der Waals surface area contributed by atoms with E-state index in [-0.39, 0.29) is 6.10 Å². The molecule has 1 aliphatic rings. The Labute approximate surface area is 114 Å². The first-order valence-corrected chi connectivity index (χ1v) is 6.69. The first-order chi connectivity index (χ1) is 9.19. The Bertz CT molecular complexity index is 237. The zero-order valence-electron chi connectivity index (χ0n) is 12.2. The Kier molecular flexibility index (Phi) is 7.82. The summed E-state index contributed by atoms with van der Waals surface area (Å²) in [5, 5.41) is 10.2. The van der Waals surface area contributed by atoms with Crippen LogP contribution in [0.5, 0.6) is 0 Å². The van der Waals surface area contributed by atoms with Crippen molar-refractivity contribution in [1.29, 1.82) is 0 Å². The van der Waals surface area contributed by atoms with Gasteiger partial charge in [-0.15, -0.1) is 0 Å². The van der Waals surface area contributed by atoms with Crippen LogP contribution in [0.15, 0.2) is 0 Å². The Morgan fingerprint density at radius 1 is 1.26 bits per heavy atom. The lowest BCUT2D eigenvalue weighted by molar-refractivity contribution is -0.185. The monoisotopic (exact) mass is 278 g/mol. The molecule has 1 aliphatic heterocycles. The molecule has 1 rings (SSSR count). The molecule has 5 atom stereocenters. The van der Waals surface area contributed by atoms with Crippen molar-refractivity contribution in [3.63, 3.8) is 0 Å². The van der Waals surface area contributed by atoms with Crippen LogP contribution in [0.1, 0.15) is 19.8 Å². The maximum atomic E-state index is 10.2. The summed E-state index contributed by atoms with van der Waals surface area (Å²) in [5.74, 6) is 0. The topological polar surface area (TPSA) is 66.4 Å². The van der Waals surface area contributed by atoms with Crippen molar-refractivity contribution < 1.29 is 28.8 Å². The minimum Gasteiger partial charge on any atom is -0.385 e. The van der Waals surface area contributed by atoms with Crippen molar-refractivity contribution in [3.05, 3.63) is 0 Å². The van der Waals surface area contributed by atoms with Gasteiger partial charge in [0.05, 0.1) is 6.61 Å². The summed E-state index contributed by atoms with van der Waals surface area (Å²) in [7, 11) is 4.71. The summed E-state index contributed by atoms with van der Waals surface area (Å²) in [5.41, 5.74) is 0. The zero-order valence-corrected chi connectivity index (χ0v) is 12.2. The normalized spacial score (nSPS) is 32.7. The van der Waals surface area contributed by atoms with E-state index >= 15 is 0 Å². The summed E-state index contributed by atoms with van der Waals surface area (Å²) < 4.78 is 27.0. The highest BCUT2D eigenvalue weighted by Gasteiger charge is 2.48. The van der Waals surface area contributed by atoms with Crippen LogP contribution in [-0.4, -0.2) is 70.4 Å². The molecule has 1 saturated heterocycles. The van der Waals surface area contributed by atoms with Crippen LogP contribution in [0.4, 0.5) is 0 Å². The van der Waals surface area contributed by atoms with Crippen molar-refractivity contribution in [2.45, 2.75) is 50.5 Å². The molecule has 0 aromatic rings. The molecule has 0 radical (unpaired) electrons. The van der Waals surface area contributed by atoms with E-state index in [4.69, 9.17) is 23.7 Å². The van der Waals surface area contributed by atoms with Gasteiger partial charge < -0.3 is 28.8 Å². The molecule has 19 heavy (non-hydrogen) atoms. The molecule has 0 aliphatic carbocycles. The van der Waals surface area contributed by atoms with Gasteiger partial charge in [-0.05, 0) is 6.42 Å². The summed E-state index contributed by atoms with van der Waals surface area (Å²) in [4.78, 5) is 0. The molecule has 1 unspecified atom stereocenters. The third kappa shape index (κ3) is 4.37. The van der Waals surface area contributed by atoms with Crippen LogP contribution in [-0.2, 0) is 23.7 Å². The maximum Gasteiger partial charge on any atom is 0.186 e. The smallest absolute Gasteiger partial charge is 0.186 e. The van der Waals surface area contributed by atoms with Gasteiger partial charge in [-0.2, -0.15) is 0 Å². The lowest BCUT2D eigenvalue weighted by atomic mass is 10.1. The lowest BCUT2D eigenvalue weighted by Gasteiger charge is -2.25. The number of rotatable bonds is 9. The number of aliphatic hydroxyl groups is 1. The maximum absolute atomic E-state index is 10.2. The molecule has 6 heteroatoms. The van der Waals surface area contributed by atoms with Gasteiger partial charge in [0.2, 0.25) is 0 Å². The van der Waals surface area contributed by atoms with Crippen molar-refractivity contribution in [2.75, 3.05) is 34.5 Å². The minimum atomic E-state index is -0.818. The van der Waals surface area contributed by atoms with Crippen molar-refractivity contribution in [1.82, 2.24) is 0 Å². The molecule has 1 N–H and O–H groups in total. The van der Waals surface area contributed by atoms with Crippen molar-refractivity contribution >= 4 is 0 Å². The van der Waals surface area contributed by atoms with Crippen molar-refractivity contribution in [2.24, 2.45) is 0 Å². The molecular weight excluding hydrogens is 252 g/mol. The van der Waals surface area contributed by atoms with Gasteiger partial charge in [-0.3, -0.25) is 0 Å². The van der Waals surface area contributed by atoms with E-state index in [1.807, 2.05) is 0 Å². The van der Waals surface area contributed by atoms with E-state index in [1.165, 1.54) is 7.11 Å². The fraction of sp³-hybridized carbons (Fsp3) is 1.00. The van der Waals surface area contributed by atoms with Crippen LogP contribution in [0, 0.1) is 0 Å². The van der Waals surface area contributed by atoms with E-state index in [0.29, 0.717) is 13.2 Å². The van der Waals surface area contributed by atoms with Gasteiger partial charge in [0.15, 0.2) is 6.29 Å². The number of aliphatic hydroxyl groups excluding tert-OH is 1. The Balaban J connectivity index is 2.60. The second-order valence-corrected chi connectivity index (χ2v) is 4.61. The lowest BCUT2D eigenvalue weighted by Crippen LogP contribution is -2.43. The summed E-state index contributed by atoms with van der Waals surface area (Å²) in [6, 6.07) is 0. The fourth-order valence-corrected chi connectivity index (χ4v) is 2.18. The highest BCUT2D eigenvalue weighted by molar-refractivity contribution is 4.92. The Morgan fingerprint density at radius 3 is 2.53 bits per heavy atom. The number of hydrogen-bond acceptors (Lipinski definition) is 6. The number of ether oxygens (including phenoxy) is 5. The average Bonchev–Trinajstić information content (AvgIpc) is 2.73. The van der Waals surface area contributed by atoms with Crippen LogP contribution in [0.25, 0.3) is 0 Å². The van der Waals surface area contributed by atoms with Crippen LogP contribution < -0.4 is 0 Å². The molecule has 1 fully saturated rings. The minimum absolute atomic E-state index is 0.302. The van der Waals surface area contributed by atoms with E-state index < -0.39 is 24.6 Å². The quantitative estimate of drug-likeness (QED) is 0.622. The van der Waals surface area contributed by atoms with Gasteiger partial charge >= 0.3 is 0 Å². The summed E-state index contributed by atoms with van der Waals surface area (Å²) >= 11 is 0. The number of hydrogen-bond donors (Lipinski definition) is 1. The van der Waals surface area contributed by atoms with Crippen LogP contribution in [0.3, 0.4) is 0 Å². The van der Waals surface area contributed by atoms with Crippen LogP contribution >= 0.6 is 0 Å². The van der Waals surface area contributed by atoms with Gasteiger partial charge in [0.1, 0.15) is 24.4 Å². The predicted octanol–water partition coefficient (Wildman–Crippen LogP) is 0.565. The Hall–Kier alpha value is -0.240. The number of methoxy groups -OCH3 is 3. The molecule has 6 nitrogen and oxygen atoms in total. The highest BCUT2D eigenvalue weighted by atomic mass is 16.7. The van der Waals surface area contributed by atoms with Gasteiger partial charge in [0.25, 0.3) is 0 Å². The second kappa shape index (κ2) is 8.84. The van der Waals surface area contributed by atoms with E-state index in [0.717, 1.165) is 12.8 Å². The molecule has 114 valence electrons. The van der Waals surface area contributed by atoms with E-state index in [2.05, 4.69) is 6.92 Å². The molecule has 0 aromatic carbocycles. The van der Waals surface area contributed by atoms with Crippen LogP contribution in [0.2, 0.25) is 0 Å². The van der Waals surface area contributed by atoms with Gasteiger partial charge in [-0.1, -0.05) is 13.3 Å². The van der Waals surface area contributed by atoms with E-state index in [9.17, 15) is 5.11 Å². The molecule has 0 bridgehead atoms. The highest BCUT2D eigenvalue weighted by Crippen LogP contribution is 2.28. The summed E-state index contributed by atoms with van der Waals surface area (Å²) in [6.07, 6.45) is -0.713. The average molecular weight is 278 g/mol. The molecule has 0 saturated carbocycles. The van der Waals surface area contributed by atoms with E-state index in [1.54, 1.807) is 14.2 Å². The zero-order chi connectivity index (χ0) is 14.3. The second-order valence-electron chi connectivity index (χ2n) is 4.61. The first-order valence-electron chi connectivity index (χ1n) is 6.69. The largest absolute Gasteiger partial charge is 0.385 e. The molecular formula is C13H26O6. The molecule has 0 aromatic heterocycles. The first kappa shape index (κ1) is 16.8. The third-order valence-corrected chi connectivity index (χ3v) is 3.28. The third-order valence-electron chi connectivity index (χ3n) is 3.28. The Morgan fingerprint density at radius 2 is 2.00 bits per heavy atom. The fourth-order valence-electron chi connectivity index (χ4n) is 2.18. The number of unbranched alkanes of at least 4 members (excludes halogenated alkanes) is 1.